The minimum atomic E-state index is 0.569. The van der Waals surface area contributed by atoms with E-state index in [9.17, 15) is 5.21 Å². The molecule has 0 aromatic rings. The normalized spacial score (nSPS) is 11.7. The Labute approximate surface area is 80.6 Å². The summed E-state index contributed by atoms with van der Waals surface area (Å²) in [5, 5.41) is 14.5. The predicted molar refractivity (Wildman–Crippen MR) is 53.4 cm³/mol. The van der Waals surface area contributed by atoms with Gasteiger partial charge in [0.25, 0.3) is 0 Å². The summed E-state index contributed by atoms with van der Waals surface area (Å²) in [4.78, 5) is 0.569. The molecule has 0 aromatic carbocycles. The van der Waals surface area contributed by atoms with Gasteiger partial charge in [0.15, 0.2) is 0 Å². The van der Waals surface area contributed by atoms with Crippen LogP contribution in [0.1, 0.15) is 46.0 Å². The number of nitrogens with one attached hydrogen (secondary N) is 1. The lowest BCUT2D eigenvalue weighted by Crippen LogP contribution is -2.22. The standard InChI is InChI=1S/C9H21N3O/c1-3-5-6-7-8-9-11-12(13)10-4-2/h3-9H2,1-2H3,(H,10,11). The van der Waals surface area contributed by atoms with Crippen molar-refractivity contribution in [3.05, 3.63) is 5.21 Å². The number of hydrogen-bond donors (Lipinski definition) is 1. The van der Waals surface area contributed by atoms with Crippen LogP contribution in [-0.2, 0) is 0 Å². The molecule has 0 fully saturated rings. The maximum Gasteiger partial charge on any atom is 0.106 e. The fourth-order valence-corrected chi connectivity index (χ4v) is 1.06. The molecule has 0 aromatic heterocycles. The van der Waals surface area contributed by atoms with Crippen LogP contribution in [0, 0.1) is 5.21 Å². The van der Waals surface area contributed by atoms with Gasteiger partial charge in [0.2, 0.25) is 0 Å². The molecule has 0 unspecified atom stereocenters. The zero-order valence-electron chi connectivity index (χ0n) is 8.75. The van der Waals surface area contributed by atoms with Gasteiger partial charge < -0.3 is 5.21 Å². The third-order valence-corrected chi connectivity index (χ3v) is 1.78. The smallest absolute Gasteiger partial charge is 0.106 e. The summed E-state index contributed by atoms with van der Waals surface area (Å²) in [6.45, 7) is 5.33. The van der Waals surface area contributed by atoms with Crippen molar-refractivity contribution in [2.75, 3.05) is 13.1 Å². The first-order chi connectivity index (χ1) is 6.31. The van der Waals surface area contributed by atoms with Gasteiger partial charge in [0.05, 0.1) is 6.54 Å². The van der Waals surface area contributed by atoms with Crippen molar-refractivity contribution in [1.82, 2.24) is 5.43 Å². The van der Waals surface area contributed by atoms with E-state index < -0.39 is 0 Å². The monoisotopic (exact) mass is 187 g/mol. The maximum atomic E-state index is 10.8. The number of hydrogen-bond acceptors (Lipinski definition) is 2. The second kappa shape index (κ2) is 9.29. The van der Waals surface area contributed by atoms with E-state index in [4.69, 9.17) is 0 Å². The first kappa shape index (κ1) is 12.2. The summed E-state index contributed by atoms with van der Waals surface area (Å²) >= 11 is 0. The van der Waals surface area contributed by atoms with Gasteiger partial charge >= 0.3 is 0 Å². The molecule has 0 rings (SSSR count). The van der Waals surface area contributed by atoms with Crippen molar-refractivity contribution in [3.63, 3.8) is 0 Å². The molecule has 0 spiro atoms. The molecule has 0 bridgehead atoms. The summed E-state index contributed by atoms with van der Waals surface area (Å²) in [6, 6.07) is 0. The topological polar surface area (TPSA) is 50.5 Å². The van der Waals surface area contributed by atoms with Crippen LogP contribution in [0.3, 0.4) is 0 Å². The van der Waals surface area contributed by atoms with E-state index in [1.54, 1.807) is 0 Å². The van der Waals surface area contributed by atoms with Crippen LogP contribution >= 0.6 is 0 Å². The highest BCUT2D eigenvalue weighted by Gasteiger charge is 1.91. The van der Waals surface area contributed by atoms with E-state index in [1.807, 2.05) is 6.92 Å². The average molecular weight is 187 g/mol. The predicted octanol–water partition coefficient (Wildman–Crippen LogP) is 2.44. The third-order valence-electron chi connectivity index (χ3n) is 1.78. The lowest BCUT2D eigenvalue weighted by Gasteiger charge is -1.99. The highest BCUT2D eigenvalue weighted by atomic mass is 16.5. The Bertz CT molecular complexity index is 137. The minimum Gasteiger partial charge on any atom is -0.572 e. The SMILES string of the molecule is CCCCCCCN=[N+]([O-])NCC. The van der Waals surface area contributed by atoms with Crippen molar-refractivity contribution < 1.29 is 4.97 Å². The summed E-state index contributed by atoms with van der Waals surface area (Å²) in [7, 11) is 0. The van der Waals surface area contributed by atoms with Gasteiger partial charge in [-0.1, -0.05) is 32.6 Å². The van der Waals surface area contributed by atoms with Crippen LogP contribution in [0.4, 0.5) is 0 Å². The zero-order chi connectivity index (χ0) is 9.94. The van der Waals surface area contributed by atoms with E-state index in [1.165, 1.54) is 25.7 Å². The van der Waals surface area contributed by atoms with Crippen molar-refractivity contribution >= 4 is 0 Å². The van der Waals surface area contributed by atoms with Gasteiger partial charge in [0, 0.05) is 4.97 Å². The molecule has 4 nitrogen and oxygen atoms in total. The Kier molecular flexibility index (Phi) is 8.72. The Hall–Kier alpha value is -0.800. The molecule has 13 heavy (non-hydrogen) atoms. The molecule has 4 heteroatoms. The van der Waals surface area contributed by atoms with Gasteiger partial charge in [-0.05, 0) is 18.5 Å². The zero-order valence-corrected chi connectivity index (χ0v) is 8.75. The third kappa shape index (κ3) is 9.11. The molecular weight excluding hydrogens is 166 g/mol. The molecule has 0 atom stereocenters. The Morgan fingerprint density at radius 3 is 2.46 bits per heavy atom. The van der Waals surface area contributed by atoms with E-state index in [-0.39, 0.29) is 0 Å². The Morgan fingerprint density at radius 1 is 1.15 bits per heavy atom. The highest BCUT2D eigenvalue weighted by molar-refractivity contribution is 4.42. The Balaban J connectivity index is 3.18. The van der Waals surface area contributed by atoms with Gasteiger partial charge in [0.1, 0.15) is 6.54 Å². The molecule has 0 radical (unpaired) electrons. The van der Waals surface area contributed by atoms with Gasteiger partial charge in [-0.25, -0.2) is 0 Å². The average Bonchev–Trinajstić information content (AvgIpc) is 2.11. The van der Waals surface area contributed by atoms with Crippen LogP contribution in [0.2, 0.25) is 0 Å². The second-order valence-corrected chi connectivity index (χ2v) is 3.06. The molecule has 0 aliphatic heterocycles. The van der Waals surface area contributed by atoms with Crippen molar-refractivity contribution in [3.8, 4) is 0 Å². The molecule has 0 aliphatic rings. The molecule has 0 saturated heterocycles. The largest absolute Gasteiger partial charge is 0.572 e. The van der Waals surface area contributed by atoms with E-state index >= 15 is 0 Å². The van der Waals surface area contributed by atoms with E-state index in [0.717, 1.165) is 6.42 Å². The molecule has 0 saturated carbocycles. The van der Waals surface area contributed by atoms with Gasteiger partial charge in [-0.3, -0.25) is 0 Å². The molecule has 0 aliphatic carbocycles. The number of unbranched alkanes of at least 4 members (excludes halogenated alkanes) is 4. The quantitative estimate of drug-likeness (QED) is 0.274. The van der Waals surface area contributed by atoms with Crippen LogP contribution < -0.4 is 5.43 Å². The summed E-state index contributed by atoms with van der Waals surface area (Å²) in [5.41, 5.74) is 2.56. The van der Waals surface area contributed by atoms with Crippen LogP contribution in [0.15, 0.2) is 5.11 Å². The van der Waals surface area contributed by atoms with Gasteiger partial charge in [-0.2, -0.15) is 5.43 Å². The highest BCUT2D eigenvalue weighted by Crippen LogP contribution is 2.01. The first-order valence-electron chi connectivity index (χ1n) is 5.19. The first-order valence-corrected chi connectivity index (χ1v) is 5.19. The molecular formula is C9H21N3O. The van der Waals surface area contributed by atoms with Crippen LogP contribution in [-0.4, -0.2) is 18.1 Å². The Morgan fingerprint density at radius 2 is 1.85 bits per heavy atom. The minimum absolute atomic E-state index is 0.569. The molecule has 0 heterocycles. The van der Waals surface area contributed by atoms with Crippen molar-refractivity contribution in [1.29, 1.82) is 0 Å². The van der Waals surface area contributed by atoms with Crippen molar-refractivity contribution in [2.24, 2.45) is 5.11 Å². The van der Waals surface area contributed by atoms with Crippen molar-refractivity contribution in [2.45, 2.75) is 46.0 Å². The fourth-order valence-electron chi connectivity index (χ4n) is 1.06. The van der Waals surface area contributed by atoms with Crippen LogP contribution in [0.25, 0.3) is 0 Å². The van der Waals surface area contributed by atoms with Gasteiger partial charge in [-0.15, -0.1) is 0 Å². The lowest BCUT2D eigenvalue weighted by molar-refractivity contribution is -0.589. The van der Waals surface area contributed by atoms with E-state index in [2.05, 4.69) is 17.5 Å². The number of nitrogens with zero attached hydrogens (tertiary/aromatic N) is 2. The lowest BCUT2D eigenvalue weighted by atomic mass is 10.2. The maximum absolute atomic E-state index is 10.8. The van der Waals surface area contributed by atoms with Crippen LogP contribution in [0.5, 0.6) is 0 Å². The summed E-state index contributed by atoms with van der Waals surface area (Å²) < 4.78 is 0. The number of rotatable bonds is 8. The number of hydrazine groups is 1. The summed E-state index contributed by atoms with van der Waals surface area (Å²) in [6.07, 6.45) is 5.99. The molecule has 1 N–H and O–H groups in total. The summed E-state index contributed by atoms with van der Waals surface area (Å²) in [5.74, 6) is 0. The van der Waals surface area contributed by atoms with E-state index in [0.29, 0.717) is 18.1 Å². The molecule has 78 valence electrons. The molecule has 0 amide bonds. The fraction of sp³-hybridized carbons (Fsp3) is 1.00. The second-order valence-electron chi connectivity index (χ2n) is 3.06.